The van der Waals surface area contributed by atoms with Gasteiger partial charge < -0.3 is 5.11 Å². The van der Waals surface area contributed by atoms with Gasteiger partial charge in [-0.05, 0) is 26.0 Å². The second-order valence-corrected chi connectivity index (χ2v) is 5.44. The average Bonchev–Trinajstić information content (AvgIpc) is 2.16. The molecule has 0 atom stereocenters. The Morgan fingerprint density at radius 1 is 1.35 bits per heavy atom. The number of thioether (sulfide) groups is 1. The highest BCUT2D eigenvalue weighted by molar-refractivity contribution is 8.01. The van der Waals surface area contributed by atoms with E-state index in [0.717, 1.165) is 23.9 Å². The van der Waals surface area contributed by atoms with Crippen molar-refractivity contribution >= 4 is 17.7 Å². The highest BCUT2D eigenvalue weighted by atomic mass is 32.2. The van der Waals surface area contributed by atoms with Crippen molar-refractivity contribution in [1.29, 1.82) is 0 Å². The zero-order valence-electron chi connectivity index (χ0n) is 9.08. The van der Waals surface area contributed by atoms with Crippen molar-refractivity contribution in [2.24, 2.45) is 0 Å². The second kappa shape index (κ2) is 4.56. The monoisotopic (exact) mass is 265 g/mol. The summed E-state index contributed by atoms with van der Waals surface area (Å²) < 4.78 is 35.6. The SMILES string of the molecule is CC(C)(Sc1ccc(C(F)(F)F)cn1)C(=O)O. The van der Waals surface area contributed by atoms with Gasteiger partial charge in [-0.2, -0.15) is 13.2 Å². The second-order valence-electron chi connectivity index (χ2n) is 3.80. The van der Waals surface area contributed by atoms with E-state index in [9.17, 15) is 18.0 Å². The van der Waals surface area contributed by atoms with Gasteiger partial charge in [0.05, 0.1) is 10.6 Å². The van der Waals surface area contributed by atoms with Gasteiger partial charge in [0.1, 0.15) is 4.75 Å². The van der Waals surface area contributed by atoms with Crippen molar-refractivity contribution in [3.63, 3.8) is 0 Å². The molecule has 0 aliphatic rings. The van der Waals surface area contributed by atoms with Crippen molar-refractivity contribution < 1.29 is 23.1 Å². The van der Waals surface area contributed by atoms with Crippen molar-refractivity contribution in [3.8, 4) is 0 Å². The van der Waals surface area contributed by atoms with Crippen LogP contribution in [0.3, 0.4) is 0 Å². The van der Waals surface area contributed by atoms with E-state index in [2.05, 4.69) is 4.98 Å². The zero-order chi connectivity index (χ0) is 13.3. The molecule has 0 radical (unpaired) electrons. The van der Waals surface area contributed by atoms with E-state index in [1.165, 1.54) is 13.8 Å². The number of halogens is 3. The first-order valence-corrected chi connectivity index (χ1v) is 5.40. The largest absolute Gasteiger partial charge is 0.480 e. The third kappa shape index (κ3) is 3.62. The molecule has 0 aromatic carbocycles. The van der Waals surface area contributed by atoms with Gasteiger partial charge in [-0.15, -0.1) is 0 Å². The Kier molecular flexibility index (Phi) is 3.71. The smallest absolute Gasteiger partial charge is 0.417 e. The van der Waals surface area contributed by atoms with E-state index in [-0.39, 0.29) is 5.03 Å². The molecular weight excluding hydrogens is 255 g/mol. The lowest BCUT2D eigenvalue weighted by Gasteiger charge is -2.17. The fourth-order valence-electron chi connectivity index (χ4n) is 0.913. The lowest BCUT2D eigenvalue weighted by Crippen LogP contribution is -2.27. The van der Waals surface area contributed by atoms with Gasteiger partial charge >= 0.3 is 12.1 Å². The number of aromatic nitrogens is 1. The topological polar surface area (TPSA) is 50.2 Å². The molecule has 0 fully saturated rings. The van der Waals surface area contributed by atoms with Crippen LogP contribution >= 0.6 is 11.8 Å². The van der Waals surface area contributed by atoms with Crippen LogP contribution in [0, 0.1) is 0 Å². The summed E-state index contributed by atoms with van der Waals surface area (Å²) in [4.78, 5) is 14.4. The molecule has 1 aromatic rings. The standard InChI is InChI=1S/C10H10F3NO2S/c1-9(2,8(15)16)17-7-4-3-6(5-14-7)10(11,12)13/h3-5H,1-2H3,(H,15,16). The summed E-state index contributed by atoms with van der Waals surface area (Å²) in [6, 6.07) is 2.05. The number of hydrogen-bond donors (Lipinski definition) is 1. The van der Waals surface area contributed by atoms with E-state index < -0.39 is 22.5 Å². The van der Waals surface area contributed by atoms with Gasteiger partial charge in [-0.25, -0.2) is 4.98 Å². The van der Waals surface area contributed by atoms with Gasteiger partial charge in [0.2, 0.25) is 0 Å². The van der Waals surface area contributed by atoms with Crippen LogP contribution in [-0.2, 0) is 11.0 Å². The fraction of sp³-hybridized carbons (Fsp3) is 0.400. The summed E-state index contributed by atoms with van der Waals surface area (Å²) in [7, 11) is 0. The maximum Gasteiger partial charge on any atom is 0.417 e. The van der Waals surface area contributed by atoms with Crippen molar-refractivity contribution in [3.05, 3.63) is 23.9 Å². The molecular formula is C10H10F3NO2S. The molecule has 0 spiro atoms. The molecule has 0 unspecified atom stereocenters. The van der Waals surface area contributed by atoms with E-state index in [1.807, 2.05) is 0 Å². The zero-order valence-corrected chi connectivity index (χ0v) is 9.89. The van der Waals surface area contributed by atoms with Gasteiger partial charge in [0, 0.05) is 6.20 Å². The number of nitrogens with zero attached hydrogens (tertiary/aromatic N) is 1. The highest BCUT2D eigenvalue weighted by Crippen LogP contribution is 2.33. The lowest BCUT2D eigenvalue weighted by molar-refractivity contribution is -0.139. The number of hydrogen-bond acceptors (Lipinski definition) is 3. The average molecular weight is 265 g/mol. The highest BCUT2D eigenvalue weighted by Gasteiger charge is 2.32. The minimum Gasteiger partial charge on any atom is -0.480 e. The van der Waals surface area contributed by atoms with Gasteiger partial charge in [0.25, 0.3) is 0 Å². The summed E-state index contributed by atoms with van der Waals surface area (Å²) in [5.74, 6) is -1.05. The quantitative estimate of drug-likeness (QED) is 0.853. The van der Waals surface area contributed by atoms with Crippen LogP contribution in [0.1, 0.15) is 19.4 Å². The first-order chi connectivity index (χ1) is 7.63. The van der Waals surface area contributed by atoms with Crippen molar-refractivity contribution in [2.45, 2.75) is 29.8 Å². The summed E-state index contributed by atoms with van der Waals surface area (Å²) >= 11 is 0.895. The molecule has 0 amide bonds. The predicted octanol–water partition coefficient (Wildman–Crippen LogP) is 3.06. The third-order valence-corrected chi connectivity index (χ3v) is 3.07. The first-order valence-electron chi connectivity index (χ1n) is 4.58. The molecule has 0 saturated carbocycles. The minimum absolute atomic E-state index is 0.241. The molecule has 7 heteroatoms. The Labute approximate surface area is 100 Å². The van der Waals surface area contributed by atoms with Gasteiger partial charge in [-0.1, -0.05) is 11.8 Å². The van der Waals surface area contributed by atoms with Crippen molar-refractivity contribution in [1.82, 2.24) is 4.98 Å². The molecule has 1 aromatic heterocycles. The number of carbonyl (C=O) groups is 1. The molecule has 94 valence electrons. The van der Waals surface area contributed by atoms with Crippen LogP contribution in [0.2, 0.25) is 0 Å². The summed E-state index contributed by atoms with van der Waals surface area (Å²) in [6.45, 7) is 2.92. The minimum atomic E-state index is -4.43. The van der Waals surface area contributed by atoms with Crippen LogP contribution in [0.25, 0.3) is 0 Å². The lowest BCUT2D eigenvalue weighted by atomic mass is 10.2. The molecule has 0 saturated heterocycles. The molecule has 1 heterocycles. The van der Waals surface area contributed by atoms with E-state index >= 15 is 0 Å². The fourth-order valence-corrected chi connectivity index (χ4v) is 1.77. The molecule has 0 aliphatic heterocycles. The Morgan fingerprint density at radius 3 is 2.29 bits per heavy atom. The summed E-state index contributed by atoms with van der Waals surface area (Å²) in [5, 5.41) is 9.10. The molecule has 0 aliphatic carbocycles. The Hall–Kier alpha value is -1.24. The number of aliphatic carboxylic acids is 1. The number of pyridine rings is 1. The van der Waals surface area contributed by atoms with Crippen LogP contribution < -0.4 is 0 Å². The molecule has 0 bridgehead atoms. The Bertz CT molecular complexity index is 415. The van der Waals surface area contributed by atoms with Crippen molar-refractivity contribution in [2.75, 3.05) is 0 Å². The number of rotatable bonds is 3. The number of alkyl halides is 3. The summed E-state index contributed by atoms with van der Waals surface area (Å²) in [6.07, 6.45) is -3.74. The van der Waals surface area contributed by atoms with Crippen LogP contribution in [0.4, 0.5) is 13.2 Å². The van der Waals surface area contributed by atoms with Gasteiger partial charge in [0.15, 0.2) is 0 Å². The summed E-state index contributed by atoms with van der Waals surface area (Å²) in [5.41, 5.74) is -0.852. The van der Waals surface area contributed by atoms with Gasteiger partial charge in [-0.3, -0.25) is 4.79 Å². The maximum absolute atomic E-state index is 12.2. The van der Waals surface area contributed by atoms with E-state index in [4.69, 9.17) is 5.11 Å². The number of carboxylic acids is 1. The van der Waals surface area contributed by atoms with Crippen LogP contribution in [-0.4, -0.2) is 20.8 Å². The van der Waals surface area contributed by atoms with E-state index in [0.29, 0.717) is 6.20 Å². The Balaban J connectivity index is 2.86. The number of carboxylic acid groups (broad SMARTS) is 1. The Morgan fingerprint density at radius 2 is 1.94 bits per heavy atom. The normalized spacial score (nSPS) is 12.5. The maximum atomic E-state index is 12.2. The van der Waals surface area contributed by atoms with E-state index in [1.54, 1.807) is 0 Å². The predicted molar refractivity (Wildman–Crippen MR) is 56.8 cm³/mol. The third-order valence-electron chi connectivity index (χ3n) is 1.94. The molecule has 17 heavy (non-hydrogen) atoms. The molecule has 1 N–H and O–H groups in total. The van der Waals surface area contributed by atoms with Crippen LogP contribution in [0.15, 0.2) is 23.4 Å². The molecule has 1 rings (SSSR count). The molecule has 3 nitrogen and oxygen atoms in total. The van der Waals surface area contributed by atoms with Crippen LogP contribution in [0.5, 0.6) is 0 Å². The first kappa shape index (κ1) is 13.8.